The molecule has 0 spiro atoms. The zero-order valence-electron chi connectivity index (χ0n) is 14.2. The minimum Gasteiger partial charge on any atom is -0.480 e. The van der Waals surface area contributed by atoms with Crippen LogP contribution in [0.25, 0.3) is 0 Å². The average Bonchev–Trinajstić information content (AvgIpc) is 3.03. The number of hydrogen-bond donors (Lipinski definition) is 6. The molecule has 0 aliphatic carbocycles. The Morgan fingerprint density at radius 2 is 1.88 bits per heavy atom. The van der Waals surface area contributed by atoms with Crippen molar-refractivity contribution in [2.45, 2.75) is 44.8 Å². The summed E-state index contributed by atoms with van der Waals surface area (Å²) >= 11 is 0. The number of hydrogen-bond acceptors (Lipinski definition) is 6. The molecule has 0 bridgehead atoms. The molecule has 0 saturated heterocycles. The Balaban J connectivity index is 2.66. The van der Waals surface area contributed by atoms with Gasteiger partial charge in [0, 0.05) is 18.3 Å². The predicted octanol–water partition coefficient (Wildman–Crippen LogP) is -1.63. The number of aliphatic carboxylic acids is 1. The van der Waals surface area contributed by atoms with E-state index in [4.69, 9.17) is 5.73 Å². The summed E-state index contributed by atoms with van der Waals surface area (Å²) in [5, 5.41) is 23.2. The molecule has 2 amide bonds. The van der Waals surface area contributed by atoms with E-state index in [0.29, 0.717) is 12.1 Å². The van der Waals surface area contributed by atoms with E-state index in [1.54, 1.807) is 0 Å². The third-order valence-electron chi connectivity index (χ3n) is 3.47. The van der Waals surface area contributed by atoms with Crippen molar-refractivity contribution in [2.75, 3.05) is 6.61 Å². The van der Waals surface area contributed by atoms with Crippen LogP contribution < -0.4 is 16.4 Å². The molecular weight excluding hydrogens is 330 g/mol. The van der Waals surface area contributed by atoms with Crippen molar-refractivity contribution in [3.8, 4) is 0 Å². The second-order valence-electron chi connectivity index (χ2n) is 6.16. The van der Waals surface area contributed by atoms with E-state index in [2.05, 4.69) is 20.6 Å². The van der Waals surface area contributed by atoms with Crippen LogP contribution in [-0.4, -0.2) is 62.7 Å². The SMILES string of the molecule is CC(C)CC(N)C(=O)NC(CO)C(=O)NC(Cc1cnc[nH]1)C(=O)O. The lowest BCUT2D eigenvalue weighted by Gasteiger charge is -2.21. The number of amides is 2. The van der Waals surface area contributed by atoms with E-state index in [1.807, 2.05) is 13.8 Å². The van der Waals surface area contributed by atoms with Crippen LogP contribution in [0.1, 0.15) is 26.0 Å². The second-order valence-corrected chi connectivity index (χ2v) is 6.16. The first kappa shape index (κ1) is 20.6. The summed E-state index contributed by atoms with van der Waals surface area (Å²) in [5.41, 5.74) is 6.25. The van der Waals surface area contributed by atoms with Gasteiger partial charge in [-0.05, 0) is 12.3 Å². The van der Waals surface area contributed by atoms with E-state index in [-0.39, 0.29) is 12.3 Å². The summed E-state index contributed by atoms with van der Waals surface area (Å²) in [7, 11) is 0. The molecule has 1 rings (SSSR count). The molecule has 0 radical (unpaired) electrons. The van der Waals surface area contributed by atoms with Crippen molar-refractivity contribution in [3.63, 3.8) is 0 Å². The smallest absolute Gasteiger partial charge is 0.326 e. The third kappa shape index (κ3) is 6.89. The zero-order valence-corrected chi connectivity index (χ0v) is 14.2. The van der Waals surface area contributed by atoms with Crippen LogP contribution in [0.4, 0.5) is 0 Å². The largest absolute Gasteiger partial charge is 0.480 e. The molecule has 1 aromatic heterocycles. The van der Waals surface area contributed by atoms with Gasteiger partial charge in [-0.15, -0.1) is 0 Å². The number of nitrogens with one attached hydrogen (secondary N) is 3. The number of carbonyl (C=O) groups excluding carboxylic acids is 2. The van der Waals surface area contributed by atoms with Crippen molar-refractivity contribution in [1.82, 2.24) is 20.6 Å². The van der Waals surface area contributed by atoms with E-state index in [9.17, 15) is 24.6 Å². The van der Waals surface area contributed by atoms with Crippen LogP contribution in [0, 0.1) is 5.92 Å². The summed E-state index contributed by atoms with van der Waals surface area (Å²) in [6, 6.07) is -3.33. The monoisotopic (exact) mass is 355 g/mol. The maximum atomic E-state index is 12.2. The van der Waals surface area contributed by atoms with Gasteiger partial charge in [-0.2, -0.15) is 0 Å². The van der Waals surface area contributed by atoms with E-state index in [1.165, 1.54) is 12.5 Å². The predicted molar refractivity (Wildman–Crippen MR) is 88.3 cm³/mol. The number of carbonyl (C=O) groups is 3. The van der Waals surface area contributed by atoms with Crippen LogP contribution in [-0.2, 0) is 20.8 Å². The van der Waals surface area contributed by atoms with Gasteiger partial charge in [0.15, 0.2) is 0 Å². The van der Waals surface area contributed by atoms with E-state index < -0.39 is 42.5 Å². The Labute approximate surface area is 145 Å². The molecule has 10 heteroatoms. The first-order chi connectivity index (χ1) is 11.7. The Morgan fingerprint density at radius 1 is 1.24 bits per heavy atom. The lowest BCUT2D eigenvalue weighted by Crippen LogP contribution is -2.56. The molecule has 25 heavy (non-hydrogen) atoms. The number of aromatic nitrogens is 2. The fourth-order valence-corrected chi connectivity index (χ4v) is 2.18. The summed E-state index contributed by atoms with van der Waals surface area (Å²) < 4.78 is 0. The number of carboxylic acids is 1. The topological polar surface area (TPSA) is 170 Å². The molecule has 1 heterocycles. The Bertz CT molecular complexity index is 575. The van der Waals surface area contributed by atoms with Gasteiger partial charge in [-0.1, -0.05) is 13.8 Å². The van der Waals surface area contributed by atoms with Gasteiger partial charge in [-0.25, -0.2) is 9.78 Å². The quantitative estimate of drug-likeness (QED) is 0.292. The van der Waals surface area contributed by atoms with Crippen LogP contribution in [0.5, 0.6) is 0 Å². The minimum absolute atomic E-state index is 0.0139. The standard InChI is InChI=1S/C15H25N5O5/c1-8(2)3-10(16)13(22)20-12(6-21)14(23)19-11(15(24)25)4-9-5-17-7-18-9/h5,7-8,10-12,21H,3-4,6,16H2,1-2H3,(H,17,18)(H,19,23)(H,20,22)(H,24,25). The highest BCUT2D eigenvalue weighted by Gasteiger charge is 2.28. The summed E-state index contributed by atoms with van der Waals surface area (Å²) in [4.78, 5) is 42.0. The molecule has 3 atom stereocenters. The van der Waals surface area contributed by atoms with Crippen molar-refractivity contribution < 1.29 is 24.6 Å². The summed E-state index contributed by atoms with van der Waals surface area (Å²) in [5.74, 6) is -2.45. The Hall–Kier alpha value is -2.46. The average molecular weight is 355 g/mol. The van der Waals surface area contributed by atoms with Crippen molar-refractivity contribution >= 4 is 17.8 Å². The number of aliphatic hydroxyl groups excluding tert-OH is 1. The van der Waals surface area contributed by atoms with Gasteiger partial charge >= 0.3 is 5.97 Å². The molecule has 3 unspecified atom stereocenters. The lowest BCUT2D eigenvalue weighted by atomic mass is 10.0. The lowest BCUT2D eigenvalue weighted by molar-refractivity contribution is -0.142. The van der Waals surface area contributed by atoms with Crippen molar-refractivity contribution in [1.29, 1.82) is 0 Å². The van der Waals surface area contributed by atoms with Crippen LogP contribution in [0.3, 0.4) is 0 Å². The number of rotatable bonds is 10. The van der Waals surface area contributed by atoms with Gasteiger partial charge < -0.3 is 31.6 Å². The number of aliphatic hydroxyl groups is 1. The number of carboxylic acid groups (broad SMARTS) is 1. The van der Waals surface area contributed by atoms with Gasteiger partial charge in [0.2, 0.25) is 11.8 Å². The minimum atomic E-state index is -1.28. The van der Waals surface area contributed by atoms with Crippen LogP contribution in [0.15, 0.2) is 12.5 Å². The Kier molecular flexibility index (Phi) is 8.02. The van der Waals surface area contributed by atoms with Gasteiger partial charge in [0.25, 0.3) is 0 Å². The zero-order chi connectivity index (χ0) is 19.0. The first-order valence-electron chi connectivity index (χ1n) is 7.91. The molecule has 7 N–H and O–H groups in total. The molecule has 1 aromatic rings. The molecule has 140 valence electrons. The molecule has 0 aliphatic heterocycles. The fourth-order valence-electron chi connectivity index (χ4n) is 2.18. The highest BCUT2D eigenvalue weighted by atomic mass is 16.4. The van der Waals surface area contributed by atoms with Crippen molar-refractivity contribution in [3.05, 3.63) is 18.2 Å². The maximum absolute atomic E-state index is 12.2. The third-order valence-corrected chi connectivity index (χ3v) is 3.47. The number of nitrogens with zero attached hydrogens (tertiary/aromatic N) is 1. The highest BCUT2D eigenvalue weighted by Crippen LogP contribution is 2.03. The number of imidazole rings is 1. The molecule has 0 aliphatic rings. The molecule has 0 fully saturated rings. The normalized spacial score (nSPS) is 14.6. The van der Waals surface area contributed by atoms with E-state index >= 15 is 0 Å². The van der Waals surface area contributed by atoms with Gasteiger partial charge in [-0.3, -0.25) is 9.59 Å². The maximum Gasteiger partial charge on any atom is 0.326 e. The Morgan fingerprint density at radius 3 is 2.36 bits per heavy atom. The molecular formula is C15H25N5O5. The molecule has 0 aromatic carbocycles. The van der Waals surface area contributed by atoms with Crippen molar-refractivity contribution in [2.24, 2.45) is 11.7 Å². The number of H-pyrrole nitrogens is 1. The second kappa shape index (κ2) is 9.74. The van der Waals surface area contributed by atoms with Crippen LogP contribution >= 0.6 is 0 Å². The van der Waals surface area contributed by atoms with Gasteiger partial charge in [0.1, 0.15) is 12.1 Å². The first-order valence-corrected chi connectivity index (χ1v) is 7.91. The molecule has 0 saturated carbocycles. The highest BCUT2D eigenvalue weighted by molar-refractivity contribution is 5.91. The van der Waals surface area contributed by atoms with Crippen LogP contribution in [0.2, 0.25) is 0 Å². The fraction of sp³-hybridized carbons (Fsp3) is 0.600. The number of aromatic amines is 1. The summed E-state index contributed by atoms with van der Waals surface area (Å²) in [6.07, 6.45) is 3.24. The van der Waals surface area contributed by atoms with E-state index in [0.717, 1.165) is 0 Å². The van der Waals surface area contributed by atoms with Gasteiger partial charge in [0.05, 0.1) is 19.0 Å². The number of nitrogens with two attached hydrogens (primary N) is 1. The summed E-state index contributed by atoms with van der Waals surface area (Å²) in [6.45, 7) is 3.12. The molecule has 10 nitrogen and oxygen atoms in total.